The van der Waals surface area contributed by atoms with E-state index < -0.39 is 0 Å². The zero-order valence-electron chi connectivity index (χ0n) is 12.7. The van der Waals surface area contributed by atoms with Crippen LogP contribution in [0, 0.1) is 5.92 Å². The molecule has 110 valence electrons. The van der Waals surface area contributed by atoms with Crippen molar-refractivity contribution >= 4 is 5.91 Å². The first-order valence-corrected chi connectivity index (χ1v) is 7.69. The van der Waals surface area contributed by atoms with Gasteiger partial charge in [0.05, 0.1) is 18.3 Å². The Balaban J connectivity index is 2.09. The minimum Gasteiger partial charge on any atom is -0.381 e. The molecule has 4 atom stereocenters. The Morgan fingerprint density at radius 1 is 1.42 bits per heavy atom. The summed E-state index contributed by atoms with van der Waals surface area (Å²) in [5.74, 6) is 0.759. The van der Waals surface area contributed by atoms with Crippen LogP contribution in [0.4, 0.5) is 0 Å². The first-order valence-electron chi connectivity index (χ1n) is 7.69. The summed E-state index contributed by atoms with van der Waals surface area (Å²) in [5, 5.41) is 3.54. The van der Waals surface area contributed by atoms with E-state index in [2.05, 4.69) is 31.0 Å². The van der Waals surface area contributed by atoms with Crippen molar-refractivity contribution in [2.24, 2.45) is 5.92 Å². The number of ether oxygens (including phenoxy) is 1. The minimum atomic E-state index is 0.0268. The van der Waals surface area contributed by atoms with Gasteiger partial charge in [-0.2, -0.15) is 0 Å². The lowest BCUT2D eigenvalue weighted by Crippen LogP contribution is -2.46. The maximum absolute atomic E-state index is 12.6. The number of amides is 1. The number of rotatable bonds is 5. The number of nitrogens with zero attached hydrogens (tertiary/aromatic N) is 1. The largest absolute Gasteiger partial charge is 0.381 e. The Bertz CT molecular complexity index is 319. The molecule has 0 radical (unpaired) electrons. The van der Waals surface area contributed by atoms with E-state index in [9.17, 15) is 4.79 Å². The number of carbonyl (C=O) groups excluding carboxylic acids is 1. The van der Waals surface area contributed by atoms with Gasteiger partial charge in [-0.05, 0) is 31.6 Å². The van der Waals surface area contributed by atoms with Crippen LogP contribution in [0.3, 0.4) is 0 Å². The average molecular weight is 268 g/mol. The third kappa shape index (κ3) is 2.95. The van der Waals surface area contributed by atoms with Crippen molar-refractivity contribution in [1.82, 2.24) is 10.2 Å². The van der Waals surface area contributed by atoms with Crippen LogP contribution in [0.5, 0.6) is 0 Å². The zero-order chi connectivity index (χ0) is 14.0. The summed E-state index contributed by atoms with van der Waals surface area (Å²) < 4.78 is 5.45. The van der Waals surface area contributed by atoms with Gasteiger partial charge in [-0.3, -0.25) is 10.1 Å². The number of hydrogen-bond acceptors (Lipinski definition) is 3. The molecule has 2 rings (SSSR count). The first-order chi connectivity index (χ1) is 9.08. The molecule has 1 saturated heterocycles. The molecule has 1 saturated carbocycles. The second-order valence-electron chi connectivity index (χ2n) is 6.27. The molecule has 1 aliphatic heterocycles. The normalized spacial score (nSPS) is 35.6. The molecule has 0 aromatic carbocycles. The Morgan fingerprint density at radius 2 is 2.16 bits per heavy atom. The zero-order valence-corrected chi connectivity index (χ0v) is 12.7. The molecule has 1 aliphatic carbocycles. The van der Waals surface area contributed by atoms with Crippen molar-refractivity contribution in [3.63, 3.8) is 0 Å². The molecule has 2 aliphatic rings. The van der Waals surface area contributed by atoms with Gasteiger partial charge in [-0.25, -0.2) is 0 Å². The van der Waals surface area contributed by atoms with Gasteiger partial charge in [0.2, 0.25) is 5.91 Å². The van der Waals surface area contributed by atoms with Gasteiger partial charge in [-0.15, -0.1) is 0 Å². The second kappa shape index (κ2) is 6.23. The van der Waals surface area contributed by atoms with Gasteiger partial charge in [-0.1, -0.05) is 27.2 Å². The smallest absolute Gasteiger partial charge is 0.241 e. The van der Waals surface area contributed by atoms with Gasteiger partial charge in [0.15, 0.2) is 0 Å². The van der Waals surface area contributed by atoms with E-state index in [0.29, 0.717) is 24.0 Å². The van der Waals surface area contributed by atoms with Gasteiger partial charge < -0.3 is 9.64 Å². The minimum absolute atomic E-state index is 0.0268. The predicted octanol–water partition coefficient (Wildman–Crippen LogP) is 2.14. The lowest BCUT2D eigenvalue weighted by molar-refractivity contribution is -0.133. The van der Waals surface area contributed by atoms with E-state index >= 15 is 0 Å². The van der Waals surface area contributed by atoms with Crippen LogP contribution in [-0.2, 0) is 9.53 Å². The van der Waals surface area contributed by atoms with E-state index in [1.165, 1.54) is 0 Å². The van der Waals surface area contributed by atoms with Crippen molar-refractivity contribution in [2.75, 3.05) is 7.11 Å². The average Bonchev–Trinajstić information content (AvgIpc) is 2.95. The van der Waals surface area contributed by atoms with Crippen LogP contribution in [0.2, 0.25) is 0 Å². The van der Waals surface area contributed by atoms with Crippen LogP contribution in [-0.4, -0.2) is 42.3 Å². The van der Waals surface area contributed by atoms with Crippen LogP contribution < -0.4 is 5.32 Å². The maximum atomic E-state index is 12.6. The molecule has 0 spiro atoms. The molecule has 4 unspecified atom stereocenters. The van der Waals surface area contributed by atoms with Crippen LogP contribution in [0.25, 0.3) is 0 Å². The summed E-state index contributed by atoms with van der Waals surface area (Å²) in [6.45, 7) is 6.52. The SMILES string of the molecule is CCCC1NC(C(C)C)N(C2CCC(OC)C2)C1=O. The third-order valence-corrected chi connectivity index (χ3v) is 4.52. The molecule has 4 nitrogen and oxygen atoms in total. The lowest BCUT2D eigenvalue weighted by atomic mass is 10.1. The number of carbonyl (C=O) groups is 1. The molecule has 0 aromatic heterocycles. The highest BCUT2D eigenvalue weighted by molar-refractivity contribution is 5.84. The topological polar surface area (TPSA) is 41.6 Å². The highest BCUT2D eigenvalue weighted by Gasteiger charge is 2.45. The second-order valence-corrected chi connectivity index (χ2v) is 6.27. The summed E-state index contributed by atoms with van der Waals surface area (Å²) >= 11 is 0. The standard InChI is InChI=1S/C15H28N2O2/c1-5-6-13-15(18)17(14(16-13)10(2)3)11-7-8-12(9-11)19-4/h10-14,16H,5-9H2,1-4H3. The Labute approximate surface area is 116 Å². The number of methoxy groups -OCH3 is 1. The highest BCUT2D eigenvalue weighted by atomic mass is 16.5. The number of hydrogen-bond donors (Lipinski definition) is 1. The van der Waals surface area contributed by atoms with Crippen LogP contribution in [0.1, 0.15) is 52.9 Å². The Kier molecular flexibility index (Phi) is 4.85. The van der Waals surface area contributed by atoms with Gasteiger partial charge in [0.1, 0.15) is 0 Å². The van der Waals surface area contributed by atoms with E-state index in [4.69, 9.17) is 4.74 Å². The quantitative estimate of drug-likeness (QED) is 0.830. The third-order valence-electron chi connectivity index (χ3n) is 4.52. The Morgan fingerprint density at radius 3 is 2.68 bits per heavy atom. The fourth-order valence-electron chi connectivity index (χ4n) is 3.48. The van der Waals surface area contributed by atoms with Gasteiger partial charge in [0.25, 0.3) is 0 Å². The fourth-order valence-corrected chi connectivity index (χ4v) is 3.48. The van der Waals surface area contributed by atoms with Crippen molar-refractivity contribution in [3.8, 4) is 0 Å². The molecule has 19 heavy (non-hydrogen) atoms. The van der Waals surface area contributed by atoms with E-state index in [1.807, 2.05) is 0 Å². The van der Waals surface area contributed by atoms with Gasteiger partial charge >= 0.3 is 0 Å². The summed E-state index contributed by atoms with van der Waals surface area (Å²) in [4.78, 5) is 14.7. The summed E-state index contributed by atoms with van der Waals surface area (Å²) in [6.07, 6.45) is 5.67. The van der Waals surface area contributed by atoms with Crippen molar-refractivity contribution in [2.45, 2.75) is 77.2 Å². The summed E-state index contributed by atoms with van der Waals surface area (Å²) in [6, 6.07) is 0.387. The Hall–Kier alpha value is -0.610. The van der Waals surface area contributed by atoms with Crippen LogP contribution in [0.15, 0.2) is 0 Å². The van der Waals surface area contributed by atoms with Crippen molar-refractivity contribution in [3.05, 3.63) is 0 Å². The molecule has 1 amide bonds. The van der Waals surface area contributed by atoms with Gasteiger partial charge in [0, 0.05) is 13.2 Å². The van der Waals surface area contributed by atoms with Crippen molar-refractivity contribution < 1.29 is 9.53 Å². The van der Waals surface area contributed by atoms with E-state index in [-0.39, 0.29) is 12.2 Å². The van der Waals surface area contributed by atoms with E-state index in [1.54, 1.807) is 7.11 Å². The molecule has 1 heterocycles. The fraction of sp³-hybridized carbons (Fsp3) is 0.933. The molecule has 4 heteroatoms. The van der Waals surface area contributed by atoms with Crippen LogP contribution >= 0.6 is 0 Å². The molecule has 0 bridgehead atoms. The van der Waals surface area contributed by atoms with E-state index in [0.717, 1.165) is 32.1 Å². The molecule has 0 aromatic rings. The molecule has 1 N–H and O–H groups in total. The molecular formula is C15H28N2O2. The molecular weight excluding hydrogens is 240 g/mol. The summed E-state index contributed by atoms with van der Waals surface area (Å²) in [7, 11) is 1.77. The first kappa shape index (κ1) is 14.8. The number of nitrogens with one attached hydrogen (secondary N) is 1. The van der Waals surface area contributed by atoms with Crippen molar-refractivity contribution in [1.29, 1.82) is 0 Å². The predicted molar refractivity (Wildman–Crippen MR) is 75.7 cm³/mol. The summed E-state index contributed by atoms with van der Waals surface area (Å²) in [5.41, 5.74) is 0. The molecule has 2 fully saturated rings. The maximum Gasteiger partial charge on any atom is 0.241 e. The monoisotopic (exact) mass is 268 g/mol. The highest BCUT2D eigenvalue weighted by Crippen LogP contribution is 2.32. The lowest BCUT2D eigenvalue weighted by Gasteiger charge is -2.32.